The fourth-order valence-electron chi connectivity index (χ4n) is 3.08. The third kappa shape index (κ3) is 7.97. The lowest BCUT2D eigenvalue weighted by molar-refractivity contribution is -0.148. The predicted octanol–water partition coefficient (Wildman–Crippen LogP) is 3.61. The van der Waals surface area contributed by atoms with Crippen LogP contribution in [0.5, 0.6) is 0 Å². The fraction of sp³-hybridized carbons (Fsp3) is 0.714. The molecule has 28 heavy (non-hydrogen) atoms. The Morgan fingerprint density at radius 2 is 2.00 bits per heavy atom. The maximum Gasteiger partial charge on any atom is 0.327 e. The molecular weight excluding hydrogens is 368 g/mol. The second kappa shape index (κ2) is 11.8. The first-order valence-electron chi connectivity index (χ1n) is 9.91. The minimum Gasteiger partial charge on any atom is -0.481 e. The summed E-state index contributed by atoms with van der Waals surface area (Å²) >= 11 is 0. The van der Waals surface area contributed by atoms with E-state index in [4.69, 9.17) is 5.11 Å². The molecule has 0 bridgehead atoms. The van der Waals surface area contributed by atoms with Crippen molar-refractivity contribution in [1.82, 2.24) is 4.90 Å². The summed E-state index contributed by atoms with van der Waals surface area (Å²) in [5.41, 5.74) is 0. The molecule has 1 rings (SSSR count). The summed E-state index contributed by atoms with van der Waals surface area (Å²) in [5.74, 6) is 0.341. The molecule has 0 spiro atoms. The van der Waals surface area contributed by atoms with Crippen LogP contribution in [0.4, 0.5) is 8.78 Å². The van der Waals surface area contributed by atoms with Gasteiger partial charge in [0.05, 0.1) is 12.1 Å². The van der Waals surface area contributed by atoms with Crippen LogP contribution in [0.3, 0.4) is 0 Å². The second-order valence-corrected chi connectivity index (χ2v) is 7.30. The van der Waals surface area contributed by atoms with Gasteiger partial charge in [0.25, 0.3) is 5.91 Å². The Bertz CT molecular complexity index is 609. The van der Waals surface area contributed by atoms with Gasteiger partial charge in [0.2, 0.25) is 0 Å². The Hall–Kier alpha value is -1.94. The molecule has 7 heteroatoms. The van der Waals surface area contributed by atoms with Crippen molar-refractivity contribution in [3.63, 3.8) is 0 Å². The van der Waals surface area contributed by atoms with Gasteiger partial charge in [-0.05, 0) is 18.8 Å². The number of hydrogen-bond acceptors (Lipinski definition) is 3. The summed E-state index contributed by atoms with van der Waals surface area (Å²) in [6.07, 6.45) is 5.36. The van der Waals surface area contributed by atoms with E-state index in [-0.39, 0.29) is 18.9 Å². The van der Waals surface area contributed by atoms with Crippen LogP contribution < -0.4 is 0 Å². The summed E-state index contributed by atoms with van der Waals surface area (Å²) in [7, 11) is 0. The summed E-state index contributed by atoms with van der Waals surface area (Å²) in [4.78, 5) is 23.6. The van der Waals surface area contributed by atoms with Gasteiger partial charge >= 0.3 is 11.9 Å². The maximum absolute atomic E-state index is 13.9. The Balaban J connectivity index is 2.58. The van der Waals surface area contributed by atoms with E-state index < -0.39 is 36.4 Å². The van der Waals surface area contributed by atoms with Gasteiger partial charge in [-0.3, -0.25) is 9.59 Å². The molecule has 0 saturated carbocycles. The zero-order chi connectivity index (χ0) is 21.2. The van der Waals surface area contributed by atoms with Crippen LogP contribution in [0.25, 0.3) is 0 Å². The summed E-state index contributed by atoms with van der Waals surface area (Å²) in [6, 6.07) is -0.745. The molecule has 0 radical (unpaired) electrons. The van der Waals surface area contributed by atoms with E-state index in [2.05, 4.69) is 11.8 Å². The number of amides is 1. The highest BCUT2D eigenvalue weighted by atomic mass is 19.3. The number of unbranched alkanes of at least 4 members (excludes halogenated alkanes) is 3. The average molecular weight is 399 g/mol. The van der Waals surface area contributed by atoms with Gasteiger partial charge in [0, 0.05) is 32.2 Å². The first-order chi connectivity index (χ1) is 13.2. The molecular formula is C21H31F2NO4. The van der Waals surface area contributed by atoms with Crippen molar-refractivity contribution in [2.45, 2.75) is 83.3 Å². The number of hydrogen-bond donors (Lipinski definition) is 2. The second-order valence-electron chi connectivity index (χ2n) is 7.30. The lowest BCUT2D eigenvalue weighted by Gasteiger charge is -2.22. The number of aliphatic carboxylic acids is 1. The van der Waals surface area contributed by atoms with Gasteiger partial charge in [0.1, 0.15) is 0 Å². The number of aliphatic hydroxyl groups is 1. The van der Waals surface area contributed by atoms with E-state index >= 15 is 0 Å². The summed E-state index contributed by atoms with van der Waals surface area (Å²) < 4.78 is 27.7. The topological polar surface area (TPSA) is 77.8 Å². The van der Waals surface area contributed by atoms with Gasteiger partial charge < -0.3 is 15.1 Å². The van der Waals surface area contributed by atoms with Crippen LogP contribution in [0.2, 0.25) is 0 Å². The number of carboxylic acids is 1. The van der Waals surface area contributed by atoms with E-state index in [1.807, 2.05) is 13.8 Å². The van der Waals surface area contributed by atoms with Gasteiger partial charge in [-0.2, -0.15) is 8.78 Å². The number of carbonyl (C=O) groups excluding carboxylic acids is 1. The molecule has 5 nitrogen and oxygen atoms in total. The van der Waals surface area contributed by atoms with Gasteiger partial charge in [-0.15, -0.1) is 11.8 Å². The molecule has 1 saturated heterocycles. The van der Waals surface area contributed by atoms with Crippen molar-refractivity contribution < 1.29 is 28.6 Å². The highest BCUT2D eigenvalue weighted by Crippen LogP contribution is 2.34. The largest absolute Gasteiger partial charge is 0.481 e. The molecule has 0 unspecified atom stereocenters. The number of alkyl halides is 2. The SMILES string of the molecule is CCC#CC[C@H](C)[C@@H](O)C=C[C@H]1CC(F)(F)C(=O)N1CCCCCCC(=O)O. The van der Waals surface area contributed by atoms with Crippen LogP contribution in [-0.2, 0) is 9.59 Å². The third-order valence-corrected chi connectivity index (χ3v) is 4.82. The van der Waals surface area contributed by atoms with Crippen LogP contribution in [0.15, 0.2) is 12.2 Å². The van der Waals surface area contributed by atoms with Crippen molar-refractivity contribution in [1.29, 1.82) is 0 Å². The summed E-state index contributed by atoms with van der Waals surface area (Å²) in [6.45, 7) is 3.97. The first kappa shape index (κ1) is 24.1. The molecule has 1 heterocycles. The number of rotatable bonds is 11. The maximum atomic E-state index is 13.9. The van der Waals surface area contributed by atoms with Crippen molar-refractivity contribution in [3.8, 4) is 11.8 Å². The monoisotopic (exact) mass is 399 g/mol. The molecule has 1 fully saturated rings. The number of likely N-dealkylation sites (tertiary alicyclic amines) is 1. The average Bonchev–Trinajstić information content (AvgIpc) is 2.85. The zero-order valence-electron chi connectivity index (χ0n) is 16.7. The van der Waals surface area contributed by atoms with Crippen LogP contribution in [0.1, 0.15) is 65.2 Å². The molecule has 2 N–H and O–H groups in total. The van der Waals surface area contributed by atoms with E-state index in [1.54, 1.807) is 0 Å². The molecule has 0 aromatic heterocycles. The predicted molar refractivity (Wildman–Crippen MR) is 103 cm³/mol. The lowest BCUT2D eigenvalue weighted by Crippen LogP contribution is -2.36. The van der Waals surface area contributed by atoms with E-state index in [9.17, 15) is 23.5 Å². The molecule has 0 aromatic rings. The summed E-state index contributed by atoms with van der Waals surface area (Å²) in [5, 5.41) is 18.8. The van der Waals surface area contributed by atoms with Gasteiger partial charge in [-0.1, -0.05) is 38.8 Å². The smallest absolute Gasteiger partial charge is 0.327 e. The number of carboxylic acid groups (broad SMARTS) is 1. The number of carbonyl (C=O) groups is 2. The van der Waals surface area contributed by atoms with E-state index in [1.165, 1.54) is 17.1 Å². The number of nitrogens with zero attached hydrogens (tertiary/aromatic N) is 1. The number of aliphatic hydroxyl groups excluding tert-OH is 1. The normalized spacial score (nSPS) is 20.8. The van der Waals surface area contributed by atoms with Crippen molar-refractivity contribution >= 4 is 11.9 Å². The molecule has 158 valence electrons. The Labute approximate surface area is 165 Å². The van der Waals surface area contributed by atoms with Crippen LogP contribution in [-0.4, -0.2) is 51.6 Å². The van der Waals surface area contributed by atoms with Crippen molar-refractivity contribution in [2.24, 2.45) is 5.92 Å². The fourth-order valence-corrected chi connectivity index (χ4v) is 3.08. The first-order valence-corrected chi connectivity index (χ1v) is 9.91. The van der Waals surface area contributed by atoms with Crippen molar-refractivity contribution in [2.75, 3.05) is 6.54 Å². The van der Waals surface area contributed by atoms with Gasteiger partial charge in [0.15, 0.2) is 0 Å². The molecule has 0 aliphatic carbocycles. The zero-order valence-corrected chi connectivity index (χ0v) is 16.7. The molecule has 3 atom stereocenters. The molecule has 1 aliphatic rings. The number of halogens is 2. The van der Waals surface area contributed by atoms with E-state index in [0.29, 0.717) is 32.1 Å². The van der Waals surface area contributed by atoms with Gasteiger partial charge in [-0.25, -0.2) is 0 Å². The standard InChI is InChI=1S/C21H31F2NO4/c1-3-4-7-10-16(2)18(25)13-12-17-15-21(22,23)20(28)24(17)14-9-6-5-8-11-19(26)27/h12-13,16-18,25H,3,5-6,8-11,14-15H2,1-2H3,(H,26,27)/t16-,17-,18-/m0/s1. The Morgan fingerprint density at radius 1 is 1.32 bits per heavy atom. The molecule has 0 aromatic carbocycles. The Kier molecular flexibility index (Phi) is 10.2. The molecule has 1 aliphatic heterocycles. The quantitative estimate of drug-likeness (QED) is 0.316. The third-order valence-electron chi connectivity index (χ3n) is 4.82. The van der Waals surface area contributed by atoms with Crippen LogP contribution in [0, 0.1) is 17.8 Å². The molecule has 1 amide bonds. The highest BCUT2D eigenvalue weighted by molar-refractivity contribution is 5.86. The minimum absolute atomic E-state index is 0.0881. The Morgan fingerprint density at radius 3 is 2.64 bits per heavy atom. The highest BCUT2D eigenvalue weighted by Gasteiger charge is 2.52. The lowest BCUT2D eigenvalue weighted by atomic mass is 9.99. The van der Waals surface area contributed by atoms with Crippen LogP contribution >= 0.6 is 0 Å². The minimum atomic E-state index is -3.39. The van der Waals surface area contributed by atoms with Crippen molar-refractivity contribution in [3.05, 3.63) is 12.2 Å². The van der Waals surface area contributed by atoms with E-state index in [0.717, 1.165) is 6.42 Å².